The van der Waals surface area contributed by atoms with E-state index in [1.54, 1.807) is 30.5 Å². The number of guanidine groups is 1. The zero-order valence-electron chi connectivity index (χ0n) is 17.9. The van der Waals surface area contributed by atoms with Crippen LogP contribution in [0.3, 0.4) is 0 Å². The Morgan fingerprint density at radius 1 is 1.14 bits per heavy atom. The number of thiazole rings is 1. The number of hydrogen-bond donors (Lipinski definition) is 2. The normalized spacial score (nSPS) is 12.4. The van der Waals surface area contributed by atoms with Crippen molar-refractivity contribution in [2.75, 3.05) is 19.3 Å². The highest BCUT2D eigenvalue weighted by molar-refractivity contribution is 14.0. The van der Waals surface area contributed by atoms with Gasteiger partial charge in [-0.2, -0.15) is 0 Å². The molecule has 2 N–H and O–H groups in total. The minimum atomic E-state index is -3.35. The van der Waals surface area contributed by atoms with E-state index in [2.05, 4.69) is 41.4 Å². The molecule has 2 aromatic rings. The average Bonchev–Trinajstić information content (AvgIpc) is 2.94. The summed E-state index contributed by atoms with van der Waals surface area (Å²) in [6, 6.07) is 7.16. The number of rotatable bonds is 6. The fraction of sp³-hybridized carbons (Fsp3) is 0.500. The van der Waals surface area contributed by atoms with Crippen LogP contribution in [0.1, 0.15) is 41.9 Å². The van der Waals surface area contributed by atoms with E-state index in [4.69, 9.17) is 0 Å². The third-order valence-corrected chi connectivity index (χ3v) is 7.19. The van der Waals surface area contributed by atoms with Crippen LogP contribution >= 0.6 is 35.3 Å². The molecule has 0 unspecified atom stereocenters. The Kier molecular flexibility index (Phi) is 9.55. The van der Waals surface area contributed by atoms with Gasteiger partial charge in [-0.3, -0.25) is 4.99 Å². The number of aryl methyl sites for hydroxylation is 2. The molecule has 0 spiro atoms. The summed E-state index contributed by atoms with van der Waals surface area (Å²) in [5.41, 5.74) is 2.12. The van der Waals surface area contributed by atoms with E-state index < -0.39 is 9.84 Å². The van der Waals surface area contributed by atoms with E-state index in [-0.39, 0.29) is 41.7 Å². The number of aromatic nitrogens is 1. The van der Waals surface area contributed by atoms with E-state index in [9.17, 15) is 8.42 Å². The highest BCUT2D eigenvalue weighted by Gasteiger charge is 2.17. The van der Waals surface area contributed by atoms with Gasteiger partial charge < -0.3 is 10.6 Å². The minimum Gasteiger partial charge on any atom is -0.355 e. The molecule has 0 fully saturated rings. The minimum absolute atomic E-state index is 0. The predicted octanol–water partition coefficient (Wildman–Crippen LogP) is 3.81. The molecule has 1 aromatic heterocycles. The standard InChI is InChI=1S/C20H30N4O2S2.HI/c1-14-18(27-15(2)24-14)13-23-19(21-6)22-11-12-28(25,26)17-9-7-16(8-10-17)20(3,4)5;/h7-10H,11-13H2,1-6H3,(H2,21,22,23);1H. The van der Waals surface area contributed by atoms with Gasteiger partial charge in [0.15, 0.2) is 15.8 Å². The van der Waals surface area contributed by atoms with Gasteiger partial charge in [0.05, 0.1) is 27.9 Å². The van der Waals surface area contributed by atoms with Crippen molar-refractivity contribution in [2.45, 2.75) is 51.5 Å². The van der Waals surface area contributed by atoms with Crippen LogP contribution in [0.15, 0.2) is 34.2 Å². The van der Waals surface area contributed by atoms with Crippen molar-refractivity contribution in [1.82, 2.24) is 15.6 Å². The Balaban J connectivity index is 0.00000420. The fourth-order valence-electron chi connectivity index (χ4n) is 2.71. The van der Waals surface area contributed by atoms with Crippen molar-refractivity contribution in [2.24, 2.45) is 4.99 Å². The first-order valence-electron chi connectivity index (χ1n) is 9.23. The molecule has 0 bridgehead atoms. The summed E-state index contributed by atoms with van der Waals surface area (Å²) in [7, 11) is -1.68. The Morgan fingerprint density at radius 3 is 2.24 bits per heavy atom. The zero-order valence-corrected chi connectivity index (χ0v) is 21.8. The second kappa shape index (κ2) is 10.7. The maximum absolute atomic E-state index is 12.6. The Hall–Kier alpha value is -1.20. The van der Waals surface area contributed by atoms with Crippen molar-refractivity contribution >= 4 is 51.1 Å². The lowest BCUT2D eigenvalue weighted by molar-refractivity contribution is 0.586. The summed E-state index contributed by atoms with van der Waals surface area (Å²) in [6.07, 6.45) is 0. The number of benzene rings is 1. The van der Waals surface area contributed by atoms with Crippen LogP contribution in [-0.4, -0.2) is 38.7 Å². The summed E-state index contributed by atoms with van der Waals surface area (Å²) in [6.45, 7) is 11.2. The molecule has 0 saturated carbocycles. The number of sulfone groups is 1. The van der Waals surface area contributed by atoms with Crippen LogP contribution in [0.5, 0.6) is 0 Å². The molecular weight excluding hydrogens is 519 g/mol. The largest absolute Gasteiger partial charge is 0.355 e. The van der Waals surface area contributed by atoms with Crippen molar-refractivity contribution in [3.8, 4) is 0 Å². The van der Waals surface area contributed by atoms with Crippen LogP contribution in [-0.2, 0) is 21.8 Å². The highest BCUT2D eigenvalue weighted by Crippen LogP contribution is 2.23. The average molecular weight is 551 g/mol. The van der Waals surface area contributed by atoms with E-state index in [0.29, 0.717) is 17.4 Å². The molecule has 0 aliphatic heterocycles. The highest BCUT2D eigenvalue weighted by atomic mass is 127. The number of halogens is 1. The first-order chi connectivity index (χ1) is 13.0. The molecular formula is C20H31IN4O2S2. The quantitative estimate of drug-likeness (QED) is 0.325. The molecule has 1 heterocycles. The number of nitrogens with zero attached hydrogens (tertiary/aromatic N) is 2. The summed E-state index contributed by atoms with van der Waals surface area (Å²) in [5, 5.41) is 7.30. The van der Waals surface area contributed by atoms with E-state index >= 15 is 0 Å². The first kappa shape index (κ1) is 25.8. The summed E-state index contributed by atoms with van der Waals surface area (Å²) < 4.78 is 25.2. The zero-order chi connectivity index (χ0) is 20.9. The third kappa shape index (κ3) is 7.53. The summed E-state index contributed by atoms with van der Waals surface area (Å²) >= 11 is 1.64. The molecule has 1 aromatic carbocycles. The lowest BCUT2D eigenvalue weighted by atomic mass is 9.87. The van der Waals surface area contributed by atoms with Gasteiger partial charge in [0, 0.05) is 18.5 Å². The van der Waals surface area contributed by atoms with Crippen LogP contribution in [0.4, 0.5) is 0 Å². The molecule has 0 saturated heterocycles. The lowest BCUT2D eigenvalue weighted by Gasteiger charge is -2.19. The fourth-order valence-corrected chi connectivity index (χ4v) is 4.74. The molecule has 0 amide bonds. The van der Waals surface area contributed by atoms with Crippen LogP contribution in [0.25, 0.3) is 0 Å². The Morgan fingerprint density at radius 2 is 1.76 bits per heavy atom. The smallest absolute Gasteiger partial charge is 0.191 e. The van der Waals surface area contributed by atoms with Gasteiger partial charge in [-0.05, 0) is 37.0 Å². The van der Waals surface area contributed by atoms with Gasteiger partial charge in [0.25, 0.3) is 0 Å². The maximum atomic E-state index is 12.6. The van der Waals surface area contributed by atoms with Crippen molar-refractivity contribution in [3.05, 3.63) is 45.4 Å². The van der Waals surface area contributed by atoms with E-state index in [1.165, 1.54) is 0 Å². The molecule has 2 rings (SSSR count). The SMILES string of the molecule is CN=C(NCCS(=O)(=O)c1ccc(C(C)(C)C)cc1)NCc1sc(C)nc1C.I. The number of aliphatic imine (C=N–C) groups is 1. The Bertz CT molecular complexity index is 930. The van der Waals surface area contributed by atoms with Crippen LogP contribution in [0.2, 0.25) is 0 Å². The van der Waals surface area contributed by atoms with Crippen LogP contribution < -0.4 is 10.6 Å². The molecule has 9 heteroatoms. The van der Waals surface area contributed by atoms with E-state index in [0.717, 1.165) is 21.1 Å². The topological polar surface area (TPSA) is 83.5 Å². The lowest BCUT2D eigenvalue weighted by Crippen LogP contribution is -2.39. The van der Waals surface area contributed by atoms with Gasteiger partial charge in [-0.15, -0.1) is 35.3 Å². The summed E-state index contributed by atoms with van der Waals surface area (Å²) in [5.74, 6) is 0.574. The van der Waals surface area contributed by atoms with Gasteiger partial charge in [0.2, 0.25) is 0 Å². The van der Waals surface area contributed by atoms with Gasteiger partial charge in [-0.1, -0.05) is 32.9 Å². The number of hydrogen-bond acceptors (Lipinski definition) is 5. The Labute approximate surface area is 195 Å². The second-order valence-electron chi connectivity index (χ2n) is 7.69. The first-order valence-corrected chi connectivity index (χ1v) is 11.7. The monoisotopic (exact) mass is 550 g/mol. The maximum Gasteiger partial charge on any atom is 0.191 e. The molecule has 0 aliphatic carbocycles. The molecule has 0 aliphatic rings. The molecule has 6 nitrogen and oxygen atoms in total. The van der Waals surface area contributed by atoms with Gasteiger partial charge >= 0.3 is 0 Å². The van der Waals surface area contributed by atoms with Crippen LogP contribution in [0, 0.1) is 13.8 Å². The van der Waals surface area contributed by atoms with Crippen molar-refractivity contribution < 1.29 is 8.42 Å². The molecule has 0 atom stereocenters. The molecule has 29 heavy (non-hydrogen) atoms. The number of nitrogens with one attached hydrogen (secondary N) is 2. The molecule has 162 valence electrons. The predicted molar refractivity (Wildman–Crippen MR) is 132 cm³/mol. The van der Waals surface area contributed by atoms with Crippen molar-refractivity contribution in [3.63, 3.8) is 0 Å². The van der Waals surface area contributed by atoms with Gasteiger partial charge in [-0.25, -0.2) is 13.4 Å². The third-order valence-electron chi connectivity index (χ3n) is 4.38. The molecule has 0 radical (unpaired) electrons. The van der Waals surface area contributed by atoms with Crippen molar-refractivity contribution in [1.29, 1.82) is 0 Å². The summed E-state index contributed by atoms with van der Waals surface area (Å²) in [4.78, 5) is 10.1. The van der Waals surface area contributed by atoms with Gasteiger partial charge in [0.1, 0.15) is 0 Å². The second-order valence-corrected chi connectivity index (χ2v) is 11.1. The van der Waals surface area contributed by atoms with E-state index in [1.807, 2.05) is 26.0 Å².